The van der Waals surface area contributed by atoms with Crippen molar-refractivity contribution < 1.29 is 10.2 Å². The van der Waals surface area contributed by atoms with Gasteiger partial charge in [-0.05, 0) is 49.4 Å². The predicted molar refractivity (Wildman–Crippen MR) is 44.4 cm³/mol. The summed E-state index contributed by atoms with van der Waals surface area (Å²) in [6, 6.07) is 0. The molecule has 3 aliphatic rings. The molecule has 0 heterocycles. The monoisotopic (exact) mass is 168 g/mol. The molecule has 2 heteroatoms. The molecule has 0 aromatic carbocycles. The number of fused-ring (bicyclic) bond motifs is 5. The zero-order valence-electron chi connectivity index (χ0n) is 7.19. The standard InChI is InChI=1S/C10H16O2/c11-8-4-7-5-1-2-6(3-5)9(7)10(8)12/h5-12H,1-4H2/t5?,6?,7?,8-,9?,10?/m1/s1. The minimum absolute atomic E-state index is 0.398. The summed E-state index contributed by atoms with van der Waals surface area (Å²) >= 11 is 0. The quantitative estimate of drug-likeness (QED) is 0.561. The first-order valence-corrected chi connectivity index (χ1v) is 5.13. The minimum atomic E-state index is -0.414. The van der Waals surface area contributed by atoms with Crippen molar-refractivity contribution in [1.29, 1.82) is 0 Å². The van der Waals surface area contributed by atoms with Gasteiger partial charge in [0, 0.05) is 0 Å². The molecular weight excluding hydrogens is 152 g/mol. The lowest BCUT2D eigenvalue weighted by Crippen LogP contribution is -2.29. The average Bonchev–Trinajstić information content (AvgIpc) is 2.66. The first-order valence-electron chi connectivity index (χ1n) is 5.13. The topological polar surface area (TPSA) is 40.5 Å². The Bertz CT molecular complexity index is 202. The highest BCUT2D eigenvalue weighted by atomic mass is 16.3. The summed E-state index contributed by atoms with van der Waals surface area (Å²) in [6.07, 6.45) is 4.04. The Morgan fingerprint density at radius 1 is 0.917 bits per heavy atom. The molecule has 3 rings (SSSR count). The molecular formula is C10H16O2. The van der Waals surface area contributed by atoms with Gasteiger partial charge < -0.3 is 10.2 Å². The summed E-state index contributed by atoms with van der Waals surface area (Å²) in [6.45, 7) is 0. The van der Waals surface area contributed by atoms with E-state index in [-0.39, 0.29) is 0 Å². The molecule has 0 radical (unpaired) electrons. The van der Waals surface area contributed by atoms with Crippen LogP contribution < -0.4 is 0 Å². The fraction of sp³-hybridized carbons (Fsp3) is 1.00. The van der Waals surface area contributed by atoms with Crippen molar-refractivity contribution in [3.63, 3.8) is 0 Å². The van der Waals surface area contributed by atoms with Crippen molar-refractivity contribution in [3.05, 3.63) is 0 Å². The van der Waals surface area contributed by atoms with Crippen LogP contribution in [0, 0.1) is 23.7 Å². The summed E-state index contributed by atoms with van der Waals surface area (Å²) in [7, 11) is 0. The molecule has 0 spiro atoms. The highest BCUT2D eigenvalue weighted by molar-refractivity contribution is 5.05. The maximum Gasteiger partial charge on any atom is 0.0832 e. The van der Waals surface area contributed by atoms with Crippen molar-refractivity contribution in [3.8, 4) is 0 Å². The molecule has 3 fully saturated rings. The maximum absolute atomic E-state index is 9.74. The normalized spacial score (nSPS) is 62.5. The second-order valence-electron chi connectivity index (χ2n) is 4.87. The highest BCUT2D eigenvalue weighted by Gasteiger charge is 2.55. The lowest BCUT2D eigenvalue weighted by molar-refractivity contribution is 0.00654. The molecule has 5 unspecified atom stereocenters. The SMILES string of the molecule is OC1C2C3CCC(C3)C2C[C@H]1O. The van der Waals surface area contributed by atoms with Gasteiger partial charge >= 0.3 is 0 Å². The van der Waals surface area contributed by atoms with Gasteiger partial charge in [-0.25, -0.2) is 0 Å². The van der Waals surface area contributed by atoms with Gasteiger partial charge in [0.2, 0.25) is 0 Å². The van der Waals surface area contributed by atoms with Crippen LogP contribution in [0.4, 0.5) is 0 Å². The Labute approximate surface area is 72.6 Å². The Morgan fingerprint density at radius 2 is 1.67 bits per heavy atom. The van der Waals surface area contributed by atoms with Gasteiger partial charge in [-0.15, -0.1) is 0 Å². The molecule has 2 nitrogen and oxygen atoms in total. The third kappa shape index (κ3) is 0.728. The second-order valence-corrected chi connectivity index (χ2v) is 4.87. The minimum Gasteiger partial charge on any atom is -0.390 e. The predicted octanol–water partition coefficient (Wildman–Crippen LogP) is 0.774. The molecule has 0 aromatic heterocycles. The molecule has 3 aliphatic carbocycles. The zero-order valence-corrected chi connectivity index (χ0v) is 7.19. The molecule has 0 amide bonds. The largest absolute Gasteiger partial charge is 0.390 e. The molecule has 12 heavy (non-hydrogen) atoms. The molecule has 2 bridgehead atoms. The van der Waals surface area contributed by atoms with Crippen LogP contribution in [0.3, 0.4) is 0 Å². The van der Waals surface area contributed by atoms with E-state index in [0.29, 0.717) is 11.8 Å². The van der Waals surface area contributed by atoms with Crippen LogP contribution in [0.1, 0.15) is 25.7 Å². The van der Waals surface area contributed by atoms with Crippen LogP contribution >= 0.6 is 0 Å². The number of hydrogen-bond acceptors (Lipinski definition) is 2. The summed E-state index contributed by atoms with van der Waals surface area (Å²) in [5, 5.41) is 19.3. The van der Waals surface area contributed by atoms with E-state index in [2.05, 4.69) is 0 Å². The van der Waals surface area contributed by atoms with Crippen LogP contribution in [0.15, 0.2) is 0 Å². The number of hydrogen-bond donors (Lipinski definition) is 2. The van der Waals surface area contributed by atoms with Crippen molar-refractivity contribution in [2.45, 2.75) is 37.9 Å². The van der Waals surface area contributed by atoms with Crippen LogP contribution in [0.25, 0.3) is 0 Å². The Hall–Kier alpha value is -0.0800. The van der Waals surface area contributed by atoms with E-state index >= 15 is 0 Å². The molecule has 68 valence electrons. The number of aliphatic hydroxyl groups is 2. The van der Waals surface area contributed by atoms with Gasteiger partial charge in [0.1, 0.15) is 0 Å². The van der Waals surface area contributed by atoms with E-state index in [1.54, 1.807) is 0 Å². The van der Waals surface area contributed by atoms with Gasteiger partial charge in [-0.3, -0.25) is 0 Å². The van der Waals surface area contributed by atoms with Crippen LogP contribution in [0.5, 0.6) is 0 Å². The summed E-state index contributed by atoms with van der Waals surface area (Å²) in [4.78, 5) is 0. The fourth-order valence-corrected chi connectivity index (χ4v) is 4.01. The Morgan fingerprint density at radius 3 is 2.42 bits per heavy atom. The summed E-state index contributed by atoms with van der Waals surface area (Å²) in [5.74, 6) is 2.70. The zero-order chi connectivity index (χ0) is 8.29. The maximum atomic E-state index is 9.74. The molecule has 0 aromatic rings. The van der Waals surface area contributed by atoms with Crippen molar-refractivity contribution in [2.75, 3.05) is 0 Å². The average molecular weight is 168 g/mol. The van der Waals surface area contributed by atoms with E-state index in [4.69, 9.17) is 0 Å². The van der Waals surface area contributed by atoms with Crippen LogP contribution in [0.2, 0.25) is 0 Å². The Balaban J connectivity index is 1.90. The number of aliphatic hydroxyl groups excluding tert-OH is 2. The van der Waals surface area contributed by atoms with Crippen LogP contribution in [-0.2, 0) is 0 Å². The molecule has 6 atom stereocenters. The molecule has 0 saturated heterocycles. The van der Waals surface area contributed by atoms with Crippen molar-refractivity contribution in [1.82, 2.24) is 0 Å². The highest BCUT2D eigenvalue weighted by Crippen LogP contribution is 2.58. The fourth-order valence-electron chi connectivity index (χ4n) is 4.01. The third-order valence-corrected chi connectivity index (χ3v) is 4.46. The van der Waals surface area contributed by atoms with E-state index in [1.165, 1.54) is 19.3 Å². The number of rotatable bonds is 0. The van der Waals surface area contributed by atoms with E-state index < -0.39 is 12.2 Å². The molecule has 2 N–H and O–H groups in total. The second kappa shape index (κ2) is 2.24. The smallest absolute Gasteiger partial charge is 0.0832 e. The summed E-state index contributed by atoms with van der Waals surface area (Å²) in [5.41, 5.74) is 0. The van der Waals surface area contributed by atoms with E-state index in [1.807, 2.05) is 0 Å². The van der Waals surface area contributed by atoms with Gasteiger partial charge in [0.15, 0.2) is 0 Å². The van der Waals surface area contributed by atoms with Gasteiger partial charge in [0.25, 0.3) is 0 Å². The summed E-state index contributed by atoms with van der Waals surface area (Å²) < 4.78 is 0. The lowest BCUT2D eigenvalue weighted by atomic mass is 9.81. The molecule has 0 aliphatic heterocycles. The first kappa shape index (κ1) is 7.34. The lowest BCUT2D eigenvalue weighted by Gasteiger charge is -2.25. The molecule has 3 saturated carbocycles. The van der Waals surface area contributed by atoms with Crippen LogP contribution in [-0.4, -0.2) is 22.4 Å². The van der Waals surface area contributed by atoms with Gasteiger partial charge in [-0.2, -0.15) is 0 Å². The first-order chi connectivity index (χ1) is 5.77. The van der Waals surface area contributed by atoms with Gasteiger partial charge in [-0.1, -0.05) is 0 Å². The Kier molecular flexibility index (Phi) is 1.37. The van der Waals surface area contributed by atoms with Crippen molar-refractivity contribution >= 4 is 0 Å². The third-order valence-electron chi connectivity index (χ3n) is 4.46. The van der Waals surface area contributed by atoms with E-state index in [0.717, 1.165) is 18.3 Å². The van der Waals surface area contributed by atoms with Crippen molar-refractivity contribution in [2.24, 2.45) is 23.7 Å². The van der Waals surface area contributed by atoms with E-state index in [9.17, 15) is 10.2 Å². The van der Waals surface area contributed by atoms with Gasteiger partial charge in [0.05, 0.1) is 12.2 Å².